The van der Waals surface area contributed by atoms with Gasteiger partial charge in [0.1, 0.15) is 11.6 Å². The first-order chi connectivity index (χ1) is 6.66. The number of halogens is 1. The van der Waals surface area contributed by atoms with Crippen LogP contribution in [0.2, 0.25) is 0 Å². The van der Waals surface area contributed by atoms with E-state index < -0.39 is 11.8 Å². The van der Waals surface area contributed by atoms with E-state index in [-0.39, 0.29) is 12.0 Å². The maximum atomic E-state index is 13.3. The summed E-state index contributed by atoms with van der Waals surface area (Å²) in [4.78, 5) is 10.4. The quantitative estimate of drug-likeness (QED) is 0.777. The van der Waals surface area contributed by atoms with Gasteiger partial charge in [-0.3, -0.25) is 4.79 Å². The van der Waals surface area contributed by atoms with Crippen LogP contribution in [0.5, 0.6) is 5.75 Å². The summed E-state index contributed by atoms with van der Waals surface area (Å²) in [5.74, 6) is -0.993. The summed E-state index contributed by atoms with van der Waals surface area (Å²) >= 11 is 0. The molecule has 0 saturated carbocycles. The van der Waals surface area contributed by atoms with Crippen LogP contribution in [0.1, 0.15) is 11.1 Å². The minimum atomic E-state index is -1.03. The Morgan fingerprint density at radius 3 is 3.07 bits per heavy atom. The van der Waals surface area contributed by atoms with E-state index in [1.807, 2.05) is 0 Å². The zero-order valence-corrected chi connectivity index (χ0v) is 7.42. The molecule has 1 heterocycles. The molecule has 74 valence electrons. The second kappa shape index (κ2) is 3.29. The number of carboxylic acids is 1. The monoisotopic (exact) mass is 196 g/mol. The third kappa shape index (κ3) is 1.55. The van der Waals surface area contributed by atoms with Gasteiger partial charge in [-0.2, -0.15) is 0 Å². The van der Waals surface area contributed by atoms with Gasteiger partial charge in [0.15, 0.2) is 0 Å². The summed E-state index contributed by atoms with van der Waals surface area (Å²) < 4.78 is 18.4. The molecule has 0 spiro atoms. The van der Waals surface area contributed by atoms with E-state index >= 15 is 0 Å². The van der Waals surface area contributed by atoms with Crippen molar-refractivity contribution in [3.8, 4) is 5.75 Å². The molecule has 0 aromatic heterocycles. The molecule has 0 atom stereocenters. The van der Waals surface area contributed by atoms with Gasteiger partial charge in [-0.25, -0.2) is 4.39 Å². The maximum Gasteiger partial charge on any atom is 0.307 e. The average Bonchev–Trinajstić information content (AvgIpc) is 2.51. The van der Waals surface area contributed by atoms with E-state index in [1.54, 1.807) is 6.07 Å². The van der Waals surface area contributed by atoms with Gasteiger partial charge in [-0.1, -0.05) is 0 Å². The lowest BCUT2D eigenvalue weighted by Gasteiger charge is -2.03. The van der Waals surface area contributed by atoms with Gasteiger partial charge in [0.05, 0.1) is 13.0 Å². The Balaban J connectivity index is 2.37. The lowest BCUT2D eigenvalue weighted by atomic mass is 10.1. The molecule has 3 nitrogen and oxygen atoms in total. The molecule has 0 fully saturated rings. The van der Waals surface area contributed by atoms with Crippen molar-refractivity contribution >= 4 is 5.97 Å². The number of hydrogen-bond acceptors (Lipinski definition) is 2. The molecule has 14 heavy (non-hydrogen) atoms. The van der Waals surface area contributed by atoms with Crippen molar-refractivity contribution < 1.29 is 19.0 Å². The summed E-state index contributed by atoms with van der Waals surface area (Å²) in [6, 6.07) is 2.84. The van der Waals surface area contributed by atoms with Crippen molar-refractivity contribution in [1.29, 1.82) is 0 Å². The largest absolute Gasteiger partial charge is 0.493 e. The van der Waals surface area contributed by atoms with Crippen molar-refractivity contribution in [3.05, 3.63) is 29.1 Å². The molecule has 0 amide bonds. The van der Waals surface area contributed by atoms with Crippen molar-refractivity contribution in [2.24, 2.45) is 0 Å². The van der Waals surface area contributed by atoms with E-state index in [2.05, 4.69) is 0 Å². The number of carbonyl (C=O) groups is 1. The van der Waals surface area contributed by atoms with Crippen LogP contribution in [0.25, 0.3) is 0 Å². The molecule has 0 unspecified atom stereocenters. The Kier molecular flexibility index (Phi) is 2.11. The first-order valence-electron chi connectivity index (χ1n) is 4.32. The Morgan fingerprint density at radius 2 is 2.36 bits per heavy atom. The summed E-state index contributed by atoms with van der Waals surface area (Å²) in [6.45, 7) is 0.547. The van der Waals surface area contributed by atoms with Gasteiger partial charge < -0.3 is 9.84 Å². The summed E-state index contributed by atoms with van der Waals surface area (Å²) in [5, 5.41) is 8.54. The van der Waals surface area contributed by atoms with Crippen molar-refractivity contribution in [3.63, 3.8) is 0 Å². The number of rotatable bonds is 2. The van der Waals surface area contributed by atoms with E-state index in [0.717, 1.165) is 12.0 Å². The number of ether oxygens (including phenoxy) is 1. The van der Waals surface area contributed by atoms with E-state index in [4.69, 9.17) is 9.84 Å². The maximum absolute atomic E-state index is 13.3. The van der Waals surface area contributed by atoms with Gasteiger partial charge in [-0.15, -0.1) is 0 Å². The molecule has 0 radical (unpaired) electrons. The summed E-state index contributed by atoms with van der Waals surface area (Å²) in [5.41, 5.74) is 1.12. The lowest BCUT2D eigenvalue weighted by Crippen LogP contribution is -2.02. The van der Waals surface area contributed by atoms with Crippen LogP contribution in [0.15, 0.2) is 12.1 Å². The number of hydrogen-bond donors (Lipinski definition) is 1. The van der Waals surface area contributed by atoms with Crippen LogP contribution in [0.3, 0.4) is 0 Å². The van der Waals surface area contributed by atoms with Gasteiger partial charge in [0, 0.05) is 12.5 Å². The SMILES string of the molecule is O=C(O)Cc1cc2c(cc1F)OCC2. The Hall–Kier alpha value is -1.58. The number of fused-ring (bicyclic) bond motifs is 1. The van der Waals surface area contributed by atoms with Crippen molar-refractivity contribution in [2.75, 3.05) is 6.61 Å². The Morgan fingerprint density at radius 1 is 1.57 bits per heavy atom. The van der Waals surface area contributed by atoms with Gasteiger partial charge in [-0.05, 0) is 17.2 Å². The van der Waals surface area contributed by atoms with Crippen molar-refractivity contribution in [2.45, 2.75) is 12.8 Å². The zero-order chi connectivity index (χ0) is 10.1. The first-order valence-corrected chi connectivity index (χ1v) is 4.32. The molecule has 1 aromatic rings. The molecule has 1 N–H and O–H groups in total. The third-order valence-corrected chi connectivity index (χ3v) is 2.20. The molecule has 1 aliphatic rings. The Bertz CT molecular complexity index is 387. The highest BCUT2D eigenvalue weighted by Crippen LogP contribution is 2.28. The average molecular weight is 196 g/mol. The van der Waals surface area contributed by atoms with Gasteiger partial charge in [0.25, 0.3) is 0 Å². The first kappa shape index (κ1) is 8.99. The predicted molar refractivity (Wildman–Crippen MR) is 46.9 cm³/mol. The Labute approximate surface area is 80.1 Å². The minimum absolute atomic E-state index is 0.224. The second-order valence-electron chi connectivity index (χ2n) is 3.22. The summed E-state index contributed by atoms with van der Waals surface area (Å²) in [6.07, 6.45) is 0.446. The number of aliphatic carboxylic acids is 1. The predicted octanol–water partition coefficient (Wildman–Crippen LogP) is 1.39. The highest BCUT2D eigenvalue weighted by Gasteiger charge is 2.17. The fraction of sp³-hybridized carbons (Fsp3) is 0.300. The standard InChI is InChI=1S/C10H9FO3/c11-8-5-9-6(1-2-14-9)3-7(8)4-10(12)13/h3,5H,1-2,4H2,(H,12,13). The van der Waals surface area contributed by atoms with Crippen LogP contribution in [0.4, 0.5) is 4.39 Å². The molecular formula is C10H9FO3. The van der Waals surface area contributed by atoms with Crippen LogP contribution < -0.4 is 4.74 Å². The molecule has 0 bridgehead atoms. The number of benzene rings is 1. The molecule has 0 saturated heterocycles. The van der Waals surface area contributed by atoms with Crippen LogP contribution in [-0.2, 0) is 17.6 Å². The highest BCUT2D eigenvalue weighted by atomic mass is 19.1. The highest BCUT2D eigenvalue weighted by molar-refractivity contribution is 5.70. The van der Waals surface area contributed by atoms with E-state index in [0.29, 0.717) is 12.4 Å². The zero-order valence-electron chi connectivity index (χ0n) is 7.42. The molecule has 1 aromatic carbocycles. The second-order valence-corrected chi connectivity index (χ2v) is 3.22. The van der Waals surface area contributed by atoms with Gasteiger partial charge in [0.2, 0.25) is 0 Å². The molecule has 2 rings (SSSR count). The molecule has 1 aliphatic heterocycles. The van der Waals surface area contributed by atoms with Crippen LogP contribution in [0, 0.1) is 5.82 Å². The molecule has 4 heteroatoms. The third-order valence-electron chi connectivity index (χ3n) is 2.20. The molecular weight excluding hydrogens is 187 g/mol. The topological polar surface area (TPSA) is 46.5 Å². The van der Waals surface area contributed by atoms with Crippen molar-refractivity contribution in [1.82, 2.24) is 0 Å². The van der Waals surface area contributed by atoms with E-state index in [9.17, 15) is 9.18 Å². The number of carboxylic acid groups (broad SMARTS) is 1. The fourth-order valence-electron chi connectivity index (χ4n) is 1.55. The van der Waals surface area contributed by atoms with Crippen LogP contribution >= 0.6 is 0 Å². The van der Waals surface area contributed by atoms with Crippen LogP contribution in [-0.4, -0.2) is 17.7 Å². The molecule has 0 aliphatic carbocycles. The fourth-order valence-corrected chi connectivity index (χ4v) is 1.55. The minimum Gasteiger partial charge on any atom is -0.493 e. The van der Waals surface area contributed by atoms with E-state index in [1.165, 1.54) is 6.07 Å². The van der Waals surface area contributed by atoms with Gasteiger partial charge >= 0.3 is 5.97 Å². The summed E-state index contributed by atoms with van der Waals surface area (Å²) in [7, 11) is 0. The normalized spacial score (nSPS) is 13.5. The lowest BCUT2D eigenvalue weighted by molar-refractivity contribution is -0.136. The smallest absolute Gasteiger partial charge is 0.307 e.